The van der Waals surface area contributed by atoms with Crippen molar-refractivity contribution >= 4 is 26.0 Å². The molecule has 1 rings (SSSR count). The van der Waals surface area contributed by atoms with E-state index in [1.54, 1.807) is 0 Å². The maximum atomic E-state index is 13.7. The molecule has 1 aromatic carbocycles. The van der Waals surface area contributed by atoms with E-state index in [1.807, 2.05) is 6.92 Å². The van der Waals surface area contributed by atoms with E-state index in [1.165, 1.54) is 6.08 Å². The zero-order valence-corrected chi connectivity index (χ0v) is 12.8. The number of benzene rings is 1. The van der Waals surface area contributed by atoms with E-state index >= 15 is 0 Å². The summed E-state index contributed by atoms with van der Waals surface area (Å²) in [4.78, 5) is -0.552. The summed E-state index contributed by atoms with van der Waals surface area (Å²) in [6.07, 6.45) is 2.00. The third kappa shape index (κ3) is 3.61. The molecule has 0 atom stereocenters. The van der Waals surface area contributed by atoms with Crippen molar-refractivity contribution in [2.45, 2.75) is 18.2 Å². The Morgan fingerprint density at radius 1 is 1.42 bits per heavy atom. The molecule has 0 saturated carbocycles. The van der Waals surface area contributed by atoms with E-state index in [0.29, 0.717) is 12.5 Å². The first-order chi connectivity index (χ1) is 8.84. The van der Waals surface area contributed by atoms with Gasteiger partial charge in [0.1, 0.15) is 16.5 Å². The number of sulfonamides is 1. The van der Waals surface area contributed by atoms with Crippen LogP contribution in [0.5, 0.6) is 0 Å². The van der Waals surface area contributed by atoms with Gasteiger partial charge in [-0.15, -0.1) is 6.58 Å². The summed E-state index contributed by atoms with van der Waals surface area (Å²) in [7, 11) is -4.03. The van der Waals surface area contributed by atoms with E-state index in [9.17, 15) is 17.2 Å². The van der Waals surface area contributed by atoms with Crippen molar-refractivity contribution in [2.24, 2.45) is 0 Å². The molecule has 0 fully saturated rings. The van der Waals surface area contributed by atoms with Gasteiger partial charge in [0.25, 0.3) is 0 Å². The van der Waals surface area contributed by atoms with Crippen LogP contribution in [0.3, 0.4) is 0 Å². The molecular formula is C12H14BrF2NO2S. The Bertz CT molecular complexity index is 552. The van der Waals surface area contributed by atoms with Crippen LogP contribution in [0.15, 0.2) is 34.2 Å². The first kappa shape index (κ1) is 16.3. The summed E-state index contributed by atoms with van der Waals surface area (Å²) in [5, 5.41) is 0. The molecular weight excluding hydrogens is 340 g/mol. The van der Waals surface area contributed by atoms with E-state index in [-0.39, 0.29) is 17.6 Å². The summed E-state index contributed by atoms with van der Waals surface area (Å²) in [5.74, 6) is -1.95. The SMILES string of the molecule is C=CCN(CCC)S(=O)(=O)c1c(F)cc(F)cc1Br. The zero-order valence-electron chi connectivity index (χ0n) is 10.4. The fourth-order valence-electron chi connectivity index (χ4n) is 1.61. The molecule has 0 heterocycles. The summed E-state index contributed by atoms with van der Waals surface area (Å²) < 4.78 is 52.4. The Balaban J connectivity index is 3.37. The minimum absolute atomic E-state index is 0.0689. The number of halogens is 3. The Labute approximate surface area is 120 Å². The van der Waals surface area contributed by atoms with Crippen molar-refractivity contribution in [3.63, 3.8) is 0 Å². The smallest absolute Gasteiger partial charge is 0.207 e. The summed E-state index contributed by atoms with van der Waals surface area (Å²) in [6.45, 7) is 5.59. The third-order valence-electron chi connectivity index (χ3n) is 2.37. The lowest BCUT2D eigenvalue weighted by Gasteiger charge is -2.21. The van der Waals surface area contributed by atoms with Crippen LogP contribution in [-0.4, -0.2) is 25.8 Å². The first-order valence-corrected chi connectivity index (χ1v) is 7.83. The molecule has 0 aliphatic heterocycles. The monoisotopic (exact) mass is 353 g/mol. The number of hydrogen-bond donors (Lipinski definition) is 0. The lowest BCUT2D eigenvalue weighted by molar-refractivity contribution is 0.435. The van der Waals surface area contributed by atoms with Crippen LogP contribution in [0.2, 0.25) is 0 Å². The van der Waals surface area contributed by atoms with Crippen LogP contribution < -0.4 is 0 Å². The second-order valence-electron chi connectivity index (χ2n) is 3.85. The van der Waals surface area contributed by atoms with E-state index in [0.717, 1.165) is 10.4 Å². The molecule has 7 heteroatoms. The molecule has 0 amide bonds. The van der Waals surface area contributed by atoms with Gasteiger partial charge in [-0.2, -0.15) is 4.31 Å². The van der Waals surface area contributed by atoms with Gasteiger partial charge in [-0.1, -0.05) is 13.0 Å². The minimum atomic E-state index is -4.03. The second kappa shape index (κ2) is 6.58. The Morgan fingerprint density at radius 3 is 2.53 bits per heavy atom. The number of hydrogen-bond acceptors (Lipinski definition) is 2. The quantitative estimate of drug-likeness (QED) is 0.735. The number of rotatable bonds is 6. The largest absolute Gasteiger partial charge is 0.247 e. The van der Waals surface area contributed by atoms with Crippen molar-refractivity contribution in [2.75, 3.05) is 13.1 Å². The van der Waals surface area contributed by atoms with Crippen LogP contribution in [-0.2, 0) is 10.0 Å². The molecule has 106 valence electrons. The van der Waals surface area contributed by atoms with Gasteiger partial charge in [-0.05, 0) is 28.4 Å². The van der Waals surface area contributed by atoms with Gasteiger partial charge in [0.05, 0.1) is 0 Å². The molecule has 0 aliphatic rings. The second-order valence-corrected chi connectivity index (χ2v) is 6.58. The average molecular weight is 354 g/mol. The topological polar surface area (TPSA) is 37.4 Å². The van der Waals surface area contributed by atoms with Crippen LogP contribution in [0.1, 0.15) is 13.3 Å². The highest BCUT2D eigenvalue weighted by Crippen LogP contribution is 2.29. The van der Waals surface area contributed by atoms with Gasteiger partial charge in [0.15, 0.2) is 0 Å². The molecule has 0 aromatic heterocycles. The van der Waals surface area contributed by atoms with Crippen molar-refractivity contribution in [3.8, 4) is 0 Å². The molecule has 0 saturated heterocycles. The fourth-order valence-corrected chi connectivity index (χ4v) is 4.22. The van der Waals surface area contributed by atoms with Crippen LogP contribution in [0.25, 0.3) is 0 Å². The molecule has 0 N–H and O–H groups in total. The summed E-state index contributed by atoms with van der Waals surface area (Å²) in [5.41, 5.74) is 0. The predicted octanol–water partition coefficient (Wildman–Crippen LogP) is 3.31. The molecule has 0 radical (unpaired) electrons. The standard InChI is InChI=1S/C12H14BrF2NO2S/c1-3-5-16(6-4-2)19(17,18)12-10(13)7-9(14)8-11(12)15/h3,7-8H,1,4-6H2,2H3. The van der Waals surface area contributed by atoms with Gasteiger partial charge in [-0.25, -0.2) is 17.2 Å². The van der Waals surface area contributed by atoms with Gasteiger partial charge in [0.2, 0.25) is 10.0 Å². The number of nitrogens with zero attached hydrogens (tertiary/aromatic N) is 1. The van der Waals surface area contributed by atoms with Crippen molar-refractivity contribution in [3.05, 3.63) is 40.9 Å². The van der Waals surface area contributed by atoms with E-state index in [2.05, 4.69) is 22.5 Å². The van der Waals surface area contributed by atoms with Crippen molar-refractivity contribution < 1.29 is 17.2 Å². The Hall–Kier alpha value is -0.790. The maximum Gasteiger partial charge on any atom is 0.247 e. The first-order valence-electron chi connectivity index (χ1n) is 5.60. The summed E-state index contributed by atoms with van der Waals surface area (Å²) in [6, 6.07) is 1.48. The maximum absolute atomic E-state index is 13.7. The van der Waals surface area contributed by atoms with Gasteiger partial charge in [0, 0.05) is 23.6 Å². The third-order valence-corrected chi connectivity index (χ3v) is 5.20. The molecule has 0 spiro atoms. The average Bonchev–Trinajstić information content (AvgIpc) is 2.26. The molecule has 1 aromatic rings. The van der Waals surface area contributed by atoms with Crippen LogP contribution >= 0.6 is 15.9 Å². The minimum Gasteiger partial charge on any atom is -0.207 e. The van der Waals surface area contributed by atoms with Gasteiger partial charge < -0.3 is 0 Å². The van der Waals surface area contributed by atoms with Crippen LogP contribution in [0.4, 0.5) is 8.78 Å². The highest BCUT2D eigenvalue weighted by molar-refractivity contribution is 9.10. The van der Waals surface area contributed by atoms with Crippen LogP contribution in [0, 0.1) is 11.6 Å². The lowest BCUT2D eigenvalue weighted by atomic mass is 10.3. The predicted molar refractivity (Wildman–Crippen MR) is 73.3 cm³/mol. The van der Waals surface area contributed by atoms with Crippen molar-refractivity contribution in [1.29, 1.82) is 0 Å². The highest BCUT2D eigenvalue weighted by Gasteiger charge is 2.29. The fraction of sp³-hybridized carbons (Fsp3) is 0.333. The zero-order chi connectivity index (χ0) is 14.6. The van der Waals surface area contributed by atoms with Gasteiger partial charge in [-0.3, -0.25) is 0 Å². The highest BCUT2D eigenvalue weighted by atomic mass is 79.9. The molecule has 0 aliphatic carbocycles. The van der Waals surface area contributed by atoms with E-state index in [4.69, 9.17) is 0 Å². The molecule has 19 heavy (non-hydrogen) atoms. The normalized spacial score (nSPS) is 11.8. The Morgan fingerprint density at radius 2 is 2.05 bits per heavy atom. The van der Waals surface area contributed by atoms with E-state index < -0.39 is 26.6 Å². The molecule has 0 bridgehead atoms. The molecule has 3 nitrogen and oxygen atoms in total. The Kier molecular flexibility index (Phi) is 5.64. The lowest BCUT2D eigenvalue weighted by Crippen LogP contribution is -2.32. The molecule has 0 unspecified atom stereocenters. The van der Waals surface area contributed by atoms with Gasteiger partial charge >= 0.3 is 0 Å². The van der Waals surface area contributed by atoms with Crippen molar-refractivity contribution in [1.82, 2.24) is 4.31 Å². The summed E-state index contributed by atoms with van der Waals surface area (Å²) >= 11 is 2.89.